The van der Waals surface area contributed by atoms with Crippen molar-refractivity contribution in [2.24, 2.45) is 0 Å². The maximum atomic E-state index is 9.76. The lowest BCUT2D eigenvalue weighted by Crippen LogP contribution is -2.16. The van der Waals surface area contributed by atoms with E-state index >= 15 is 0 Å². The Kier molecular flexibility index (Phi) is 1.60. The monoisotopic (exact) mass is 177 g/mol. The molecule has 0 saturated carbocycles. The minimum atomic E-state index is -0.941. The second-order valence-electron chi connectivity index (χ2n) is 3.53. The van der Waals surface area contributed by atoms with Gasteiger partial charge in [-0.1, -0.05) is 11.3 Å². The van der Waals surface area contributed by atoms with Gasteiger partial charge in [0, 0.05) is 6.20 Å². The number of nitrogens with zero attached hydrogens (tertiary/aromatic N) is 3. The van der Waals surface area contributed by atoms with Gasteiger partial charge < -0.3 is 5.11 Å². The van der Waals surface area contributed by atoms with Gasteiger partial charge in [-0.3, -0.25) is 0 Å². The molecule has 0 aliphatic carbocycles. The molecule has 2 aromatic rings. The second-order valence-corrected chi connectivity index (χ2v) is 3.53. The highest BCUT2D eigenvalue weighted by Gasteiger charge is 2.22. The van der Waals surface area contributed by atoms with Crippen LogP contribution in [-0.4, -0.2) is 19.9 Å². The molecule has 0 amide bonds. The van der Waals surface area contributed by atoms with Gasteiger partial charge in [0.25, 0.3) is 0 Å². The summed E-state index contributed by atoms with van der Waals surface area (Å²) in [4.78, 5) is 0. The molecule has 13 heavy (non-hydrogen) atoms. The summed E-state index contributed by atoms with van der Waals surface area (Å²) in [7, 11) is 0. The van der Waals surface area contributed by atoms with Gasteiger partial charge in [0.2, 0.25) is 0 Å². The number of aromatic nitrogens is 3. The van der Waals surface area contributed by atoms with Crippen LogP contribution in [0.15, 0.2) is 24.4 Å². The minimum absolute atomic E-state index is 0.605. The standard InChI is InChI=1S/C9H11N3O/c1-9(2,13)8-7-5-3-4-6-12(7)11-10-8/h3-6,13H,1-2H3. The van der Waals surface area contributed by atoms with E-state index in [1.54, 1.807) is 24.6 Å². The molecule has 2 heterocycles. The Bertz CT molecular complexity index is 428. The molecule has 0 saturated heterocycles. The molecular formula is C9H11N3O. The van der Waals surface area contributed by atoms with Gasteiger partial charge in [-0.2, -0.15) is 0 Å². The van der Waals surface area contributed by atoms with Crippen LogP contribution in [0.5, 0.6) is 0 Å². The van der Waals surface area contributed by atoms with E-state index in [1.165, 1.54) is 0 Å². The number of hydrogen-bond acceptors (Lipinski definition) is 3. The Morgan fingerprint density at radius 1 is 1.38 bits per heavy atom. The number of rotatable bonds is 1. The SMILES string of the molecule is CC(C)(O)c1nnn2ccccc12. The molecule has 0 atom stereocenters. The van der Waals surface area contributed by atoms with E-state index in [9.17, 15) is 5.11 Å². The second kappa shape index (κ2) is 2.53. The summed E-state index contributed by atoms with van der Waals surface area (Å²) in [6.45, 7) is 3.40. The van der Waals surface area contributed by atoms with Gasteiger partial charge in [0.1, 0.15) is 11.3 Å². The van der Waals surface area contributed by atoms with Crippen LogP contribution in [0, 0.1) is 0 Å². The van der Waals surface area contributed by atoms with Gasteiger partial charge in [0.15, 0.2) is 0 Å². The Morgan fingerprint density at radius 2 is 2.15 bits per heavy atom. The minimum Gasteiger partial charge on any atom is -0.384 e. The van der Waals surface area contributed by atoms with Crippen molar-refractivity contribution in [1.82, 2.24) is 14.8 Å². The van der Waals surface area contributed by atoms with Crippen LogP contribution in [0.2, 0.25) is 0 Å². The highest BCUT2D eigenvalue weighted by Crippen LogP contribution is 2.21. The zero-order valence-corrected chi connectivity index (χ0v) is 7.60. The first-order valence-corrected chi connectivity index (χ1v) is 4.12. The molecule has 0 aromatic carbocycles. The molecule has 0 fully saturated rings. The summed E-state index contributed by atoms with van der Waals surface area (Å²) in [5, 5.41) is 17.6. The Labute approximate surface area is 75.8 Å². The van der Waals surface area contributed by atoms with Crippen molar-refractivity contribution in [2.75, 3.05) is 0 Å². The molecule has 68 valence electrons. The Hall–Kier alpha value is -1.42. The maximum Gasteiger partial charge on any atom is 0.121 e. The fourth-order valence-corrected chi connectivity index (χ4v) is 1.28. The largest absolute Gasteiger partial charge is 0.384 e. The quantitative estimate of drug-likeness (QED) is 0.705. The fraction of sp³-hybridized carbons (Fsp3) is 0.333. The average Bonchev–Trinajstić information content (AvgIpc) is 2.45. The molecule has 0 radical (unpaired) electrons. The van der Waals surface area contributed by atoms with Gasteiger partial charge in [-0.25, -0.2) is 4.52 Å². The van der Waals surface area contributed by atoms with Crippen LogP contribution >= 0.6 is 0 Å². The van der Waals surface area contributed by atoms with E-state index in [1.807, 2.05) is 18.2 Å². The third-order valence-corrected chi connectivity index (χ3v) is 1.90. The van der Waals surface area contributed by atoms with Gasteiger partial charge >= 0.3 is 0 Å². The average molecular weight is 177 g/mol. The van der Waals surface area contributed by atoms with Crippen molar-refractivity contribution < 1.29 is 5.11 Å². The van der Waals surface area contributed by atoms with E-state index < -0.39 is 5.60 Å². The molecule has 2 aromatic heterocycles. The number of aliphatic hydroxyl groups is 1. The molecule has 0 bridgehead atoms. The van der Waals surface area contributed by atoms with E-state index in [0.29, 0.717) is 5.69 Å². The third kappa shape index (κ3) is 1.29. The third-order valence-electron chi connectivity index (χ3n) is 1.90. The van der Waals surface area contributed by atoms with Crippen molar-refractivity contribution in [2.45, 2.75) is 19.4 Å². The van der Waals surface area contributed by atoms with E-state index in [-0.39, 0.29) is 0 Å². The van der Waals surface area contributed by atoms with Crippen molar-refractivity contribution in [3.8, 4) is 0 Å². The summed E-state index contributed by atoms with van der Waals surface area (Å²) >= 11 is 0. The van der Waals surface area contributed by atoms with Crippen molar-refractivity contribution >= 4 is 5.52 Å². The van der Waals surface area contributed by atoms with Crippen LogP contribution in [0.25, 0.3) is 5.52 Å². The lowest BCUT2D eigenvalue weighted by molar-refractivity contribution is 0.0753. The molecule has 0 aliphatic heterocycles. The molecule has 4 nitrogen and oxygen atoms in total. The van der Waals surface area contributed by atoms with Gasteiger partial charge in [0.05, 0.1) is 5.52 Å². The van der Waals surface area contributed by atoms with E-state index in [4.69, 9.17) is 0 Å². The van der Waals surface area contributed by atoms with Crippen molar-refractivity contribution in [3.63, 3.8) is 0 Å². The van der Waals surface area contributed by atoms with Gasteiger partial charge in [-0.15, -0.1) is 5.10 Å². The summed E-state index contributed by atoms with van der Waals surface area (Å²) < 4.78 is 1.65. The van der Waals surface area contributed by atoms with Gasteiger partial charge in [-0.05, 0) is 26.0 Å². The van der Waals surface area contributed by atoms with Crippen LogP contribution in [0.4, 0.5) is 0 Å². The Balaban J connectivity index is 2.72. The van der Waals surface area contributed by atoms with Crippen LogP contribution < -0.4 is 0 Å². The zero-order valence-electron chi connectivity index (χ0n) is 7.60. The lowest BCUT2D eigenvalue weighted by Gasteiger charge is -2.13. The molecular weight excluding hydrogens is 166 g/mol. The summed E-state index contributed by atoms with van der Waals surface area (Å²) in [5.41, 5.74) is 0.506. The predicted molar refractivity (Wildman–Crippen MR) is 48.2 cm³/mol. The smallest absolute Gasteiger partial charge is 0.121 e. The normalized spacial score (nSPS) is 12.2. The lowest BCUT2D eigenvalue weighted by atomic mass is 10.0. The topological polar surface area (TPSA) is 50.4 Å². The van der Waals surface area contributed by atoms with E-state index in [2.05, 4.69) is 10.3 Å². The molecule has 1 N–H and O–H groups in total. The maximum absolute atomic E-state index is 9.76. The zero-order chi connectivity index (χ0) is 9.47. The predicted octanol–water partition coefficient (Wildman–Crippen LogP) is 0.957. The fourth-order valence-electron chi connectivity index (χ4n) is 1.28. The summed E-state index contributed by atoms with van der Waals surface area (Å²) in [6, 6.07) is 5.65. The number of pyridine rings is 1. The van der Waals surface area contributed by atoms with Crippen molar-refractivity contribution in [3.05, 3.63) is 30.1 Å². The molecule has 2 rings (SSSR count). The highest BCUT2D eigenvalue weighted by molar-refractivity contribution is 5.52. The first-order chi connectivity index (χ1) is 6.09. The molecule has 0 unspecified atom stereocenters. The Morgan fingerprint density at radius 3 is 2.85 bits per heavy atom. The molecule has 0 spiro atoms. The first-order valence-electron chi connectivity index (χ1n) is 4.12. The summed E-state index contributed by atoms with van der Waals surface area (Å²) in [6.07, 6.45) is 1.80. The molecule has 0 aliphatic rings. The van der Waals surface area contributed by atoms with Crippen LogP contribution in [0.3, 0.4) is 0 Å². The van der Waals surface area contributed by atoms with Crippen LogP contribution in [0.1, 0.15) is 19.5 Å². The number of fused-ring (bicyclic) bond motifs is 1. The van der Waals surface area contributed by atoms with E-state index in [0.717, 1.165) is 5.52 Å². The highest BCUT2D eigenvalue weighted by atomic mass is 16.3. The first kappa shape index (κ1) is 8.19. The van der Waals surface area contributed by atoms with Crippen LogP contribution in [-0.2, 0) is 5.60 Å². The number of hydrogen-bond donors (Lipinski definition) is 1. The molecule has 4 heteroatoms. The van der Waals surface area contributed by atoms with Crippen molar-refractivity contribution in [1.29, 1.82) is 0 Å². The summed E-state index contributed by atoms with van der Waals surface area (Å²) in [5.74, 6) is 0.